The summed E-state index contributed by atoms with van der Waals surface area (Å²) >= 11 is -1.62. The van der Waals surface area contributed by atoms with Gasteiger partial charge in [-0.3, -0.25) is 8.98 Å². The SMILES string of the molecule is C=C(C)S(=O)OC1CC(C=O)C(=O)OC1CC.COC1(C(C)C)CCCC1. The Balaban J connectivity index is 0.000000309. The molecule has 6 nitrogen and oxygen atoms in total. The molecule has 2 aliphatic rings. The smallest absolute Gasteiger partial charge is 0.316 e. The van der Waals surface area contributed by atoms with Crippen LogP contribution in [0.15, 0.2) is 11.5 Å². The fraction of sp³-hybridized carbons (Fsp3) is 0.800. The van der Waals surface area contributed by atoms with Crippen LogP contribution in [0.5, 0.6) is 0 Å². The van der Waals surface area contributed by atoms with Crippen LogP contribution in [-0.4, -0.2) is 41.4 Å². The van der Waals surface area contributed by atoms with Gasteiger partial charge in [-0.1, -0.05) is 40.2 Å². The van der Waals surface area contributed by atoms with Crippen molar-refractivity contribution in [1.82, 2.24) is 0 Å². The number of allylic oxidation sites excluding steroid dienone is 1. The van der Waals surface area contributed by atoms with E-state index in [4.69, 9.17) is 13.7 Å². The number of hydrogen-bond donors (Lipinski definition) is 0. The minimum atomic E-state index is -1.62. The third kappa shape index (κ3) is 6.50. The van der Waals surface area contributed by atoms with Gasteiger partial charge in [-0.15, -0.1) is 0 Å². The third-order valence-corrected chi connectivity index (χ3v) is 6.43. The highest BCUT2D eigenvalue weighted by molar-refractivity contribution is 7.84. The van der Waals surface area contributed by atoms with Crippen LogP contribution in [0.2, 0.25) is 0 Å². The van der Waals surface area contributed by atoms with Gasteiger partial charge in [0.1, 0.15) is 24.4 Å². The monoisotopic (exact) mass is 402 g/mol. The molecule has 0 spiro atoms. The Labute approximate surface area is 165 Å². The largest absolute Gasteiger partial charge is 0.459 e. The average Bonchev–Trinajstić information content (AvgIpc) is 3.13. The summed E-state index contributed by atoms with van der Waals surface area (Å²) in [6.45, 7) is 11.5. The zero-order valence-corrected chi connectivity index (χ0v) is 18.0. The van der Waals surface area contributed by atoms with Crippen molar-refractivity contribution in [3.63, 3.8) is 0 Å². The number of hydrogen-bond acceptors (Lipinski definition) is 6. The summed E-state index contributed by atoms with van der Waals surface area (Å²) in [4.78, 5) is 22.4. The highest BCUT2D eigenvalue weighted by Gasteiger charge is 2.38. The van der Waals surface area contributed by atoms with Crippen LogP contribution in [-0.2, 0) is 34.3 Å². The average molecular weight is 403 g/mol. The molecule has 0 N–H and O–H groups in total. The molecule has 7 heteroatoms. The highest BCUT2D eigenvalue weighted by atomic mass is 32.2. The molecule has 1 aliphatic heterocycles. The first-order valence-corrected chi connectivity index (χ1v) is 10.7. The molecule has 0 aromatic rings. The van der Waals surface area contributed by atoms with Gasteiger partial charge in [0.05, 0.1) is 5.60 Å². The van der Waals surface area contributed by atoms with Crippen LogP contribution in [0.3, 0.4) is 0 Å². The Morgan fingerprint density at radius 3 is 2.37 bits per heavy atom. The minimum Gasteiger partial charge on any atom is -0.459 e. The number of esters is 1. The summed E-state index contributed by atoms with van der Waals surface area (Å²) in [7, 11) is 1.85. The Morgan fingerprint density at radius 1 is 1.41 bits per heavy atom. The number of cyclic esters (lactones) is 1. The van der Waals surface area contributed by atoms with Crippen LogP contribution < -0.4 is 0 Å². The van der Waals surface area contributed by atoms with Crippen molar-refractivity contribution in [2.24, 2.45) is 11.8 Å². The number of aldehydes is 1. The fourth-order valence-electron chi connectivity index (χ4n) is 3.55. The van der Waals surface area contributed by atoms with Gasteiger partial charge >= 0.3 is 5.97 Å². The molecule has 0 aromatic carbocycles. The van der Waals surface area contributed by atoms with Gasteiger partial charge in [0.2, 0.25) is 0 Å². The molecular weight excluding hydrogens is 368 g/mol. The fourth-order valence-corrected chi connectivity index (χ4v) is 4.15. The van der Waals surface area contributed by atoms with E-state index in [0.29, 0.717) is 23.5 Å². The molecule has 1 saturated heterocycles. The molecular formula is C20H34O6S. The van der Waals surface area contributed by atoms with Gasteiger partial charge in [-0.25, -0.2) is 4.21 Å². The normalized spacial score (nSPS) is 28.1. The molecule has 0 amide bonds. The topological polar surface area (TPSA) is 78.9 Å². The molecule has 156 valence electrons. The molecule has 0 bridgehead atoms. The van der Waals surface area contributed by atoms with Gasteiger partial charge in [-0.05, 0) is 38.5 Å². The summed E-state index contributed by atoms with van der Waals surface area (Å²) in [5.41, 5.74) is 0.236. The highest BCUT2D eigenvalue weighted by Crippen LogP contribution is 2.38. The molecule has 4 atom stereocenters. The second-order valence-electron chi connectivity index (χ2n) is 7.56. The molecule has 4 unspecified atom stereocenters. The lowest BCUT2D eigenvalue weighted by molar-refractivity contribution is -0.169. The second-order valence-corrected chi connectivity index (χ2v) is 8.92. The summed E-state index contributed by atoms with van der Waals surface area (Å²) in [6, 6.07) is 0. The van der Waals surface area contributed by atoms with Gasteiger partial charge < -0.3 is 14.3 Å². The lowest BCUT2D eigenvalue weighted by Crippen LogP contribution is -2.43. The van der Waals surface area contributed by atoms with Crippen LogP contribution in [0.1, 0.15) is 66.2 Å². The Hall–Kier alpha value is -1.05. The summed E-state index contributed by atoms with van der Waals surface area (Å²) in [6.07, 6.45) is 5.55. The van der Waals surface area contributed by atoms with Crippen molar-refractivity contribution < 1.29 is 27.5 Å². The van der Waals surface area contributed by atoms with E-state index >= 15 is 0 Å². The van der Waals surface area contributed by atoms with Crippen LogP contribution >= 0.6 is 0 Å². The molecule has 2 rings (SSSR count). The number of carbonyl (C=O) groups is 2. The van der Waals surface area contributed by atoms with E-state index < -0.39 is 35.2 Å². The molecule has 2 fully saturated rings. The van der Waals surface area contributed by atoms with E-state index in [1.54, 1.807) is 6.92 Å². The first-order chi connectivity index (χ1) is 12.7. The van der Waals surface area contributed by atoms with Crippen molar-refractivity contribution in [3.8, 4) is 0 Å². The Morgan fingerprint density at radius 2 is 2.00 bits per heavy atom. The van der Waals surface area contributed by atoms with E-state index in [1.807, 2.05) is 14.0 Å². The summed E-state index contributed by atoms with van der Waals surface area (Å²) in [5, 5.41) is 0. The van der Waals surface area contributed by atoms with Crippen molar-refractivity contribution in [3.05, 3.63) is 11.5 Å². The maximum absolute atomic E-state index is 11.5. The summed E-state index contributed by atoms with van der Waals surface area (Å²) < 4.78 is 27.4. The van der Waals surface area contributed by atoms with Gasteiger partial charge in [0.25, 0.3) is 0 Å². The van der Waals surface area contributed by atoms with Gasteiger partial charge in [0.15, 0.2) is 11.1 Å². The van der Waals surface area contributed by atoms with Crippen molar-refractivity contribution >= 4 is 23.3 Å². The Kier molecular flexibility index (Phi) is 9.84. The molecule has 0 radical (unpaired) electrons. The number of carbonyl (C=O) groups excluding carboxylic acids is 2. The maximum Gasteiger partial charge on any atom is 0.316 e. The molecule has 1 aliphatic carbocycles. The number of ether oxygens (including phenoxy) is 2. The van der Waals surface area contributed by atoms with E-state index in [9.17, 15) is 13.8 Å². The van der Waals surface area contributed by atoms with Crippen molar-refractivity contribution in [2.45, 2.75) is 84.0 Å². The quantitative estimate of drug-likeness (QED) is 0.367. The first-order valence-electron chi connectivity index (χ1n) is 9.66. The Bertz CT molecular complexity index is 539. The predicted octanol–water partition coefficient (Wildman–Crippen LogP) is 3.71. The number of rotatable bonds is 7. The molecule has 0 aromatic heterocycles. The van der Waals surface area contributed by atoms with Gasteiger partial charge in [-0.2, -0.15) is 0 Å². The lowest BCUT2D eigenvalue weighted by atomic mass is 9.89. The summed E-state index contributed by atoms with van der Waals surface area (Å²) in [5.74, 6) is -0.683. The molecule has 1 saturated carbocycles. The number of methoxy groups -OCH3 is 1. The predicted molar refractivity (Wildman–Crippen MR) is 105 cm³/mol. The standard InChI is InChI=1S/C11H16O5S.C9H18O/c1-4-9-10(16-17(14)7(2)3)5-8(6-12)11(13)15-9;1-8(2)9(10-3)6-4-5-7-9/h6,8-10H,2,4-5H2,1,3H3;8H,4-7H2,1-3H3. The van der Waals surface area contributed by atoms with E-state index in [-0.39, 0.29) is 12.0 Å². The second kappa shape index (κ2) is 11.1. The lowest BCUT2D eigenvalue weighted by Gasteiger charge is -2.32. The van der Waals surface area contributed by atoms with Crippen LogP contribution in [0.4, 0.5) is 0 Å². The van der Waals surface area contributed by atoms with Crippen LogP contribution in [0, 0.1) is 11.8 Å². The zero-order valence-electron chi connectivity index (χ0n) is 17.2. The molecule has 27 heavy (non-hydrogen) atoms. The third-order valence-electron chi connectivity index (χ3n) is 5.44. The van der Waals surface area contributed by atoms with Crippen LogP contribution in [0.25, 0.3) is 0 Å². The van der Waals surface area contributed by atoms with Gasteiger partial charge in [0, 0.05) is 12.0 Å². The molecule has 1 heterocycles. The van der Waals surface area contributed by atoms with Crippen molar-refractivity contribution in [1.29, 1.82) is 0 Å². The van der Waals surface area contributed by atoms with E-state index in [1.165, 1.54) is 25.7 Å². The van der Waals surface area contributed by atoms with E-state index in [2.05, 4.69) is 20.4 Å². The van der Waals surface area contributed by atoms with Crippen molar-refractivity contribution in [2.75, 3.05) is 7.11 Å². The minimum absolute atomic E-state index is 0.208. The zero-order chi connectivity index (χ0) is 20.6. The van der Waals surface area contributed by atoms with E-state index in [0.717, 1.165) is 0 Å². The first kappa shape index (κ1) is 24.0. The maximum atomic E-state index is 11.5.